The van der Waals surface area contributed by atoms with Crippen LogP contribution in [0.1, 0.15) is 5.56 Å². The van der Waals surface area contributed by atoms with Crippen LogP contribution in [0.5, 0.6) is 0 Å². The van der Waals surface area contributed by atoms with Gasteiger partial charge in [-0.05, 0) is 35.9 Å². The molecule has 5 rings (SSSR count). The highest BCUT2D eigenvalue weighted by molar-refractivity contribution is 5.81. The molecule has 5 aromatic rings. The van der Waals surface area contributed by atoms with Crippen molar-refractivity contribution in [3.8, 4) is 5.69 Å². The lowest BCUT2D eigenvalue weighted by Gasteiger charge is -2.13. The molecule has 3 aromatic heterocycles. The van der Waals surface area contributed by atoms with E-state index in [9.17, 15) is 0 Å². The molecule has 0 amide bonds. The second kappa shape index (κ2) is 6.90. The van der Waals surface area contributed by atoms with Crippen LogP contribution in [-0.4, -0.2) is 43.8 Å². The molecule has 0 bridgehead atoms. The van der Waals surface area contributed by atoms with Crippen LogP contribution in [0, 0.1) is 0 Å². The zero-order valence-corrected chi connectivity index (χ0v) is 16.2. The second-order valence-electron chi connectivity index (χ2n) is 7.07. The summed E-state index contributed by atoms with van der Waals surface area (Å²) < 4.78 is 1.95. The van der Waals surface area contributed by atoms with E-state index < -0.39 is 0 Å². The lowest BCUT2D eigenvalue weighted by molar-refractivity contribution is 1.03. The number of aromatic amines is 1. The van der Waals surface area contributed by atoms with E-state index in [4.69, 9.17) is 0 Å². The van der Waals surface area contributed by atoms with Crippen LogP contribution in [0.4, 0.5) is 11.6 Å². The summed E-state index contributed by atoms with van der Waals surface area (Å²) in [6.07, 6.45) is 5.31. The molecule has 0 unspecified atom stereocenters. The molecule has 29 heavy (non-hydrogen) atoms. The number of rotatable bonds is 5. The molecule has 8 nitrogen and oxygen atoms in total. The van der Waals surface area contributed by atoms with Gasteiger partial charge in [-0.2, -0.15) is 10.1 Å². The molecule has 0 spiro atoms. The van der Waals surface area contributed by atoms with Crippen LogP contribution in [0.2, 0.25) is 0 Å². The van der Waals surface area contributed by atoms with Gasteiger partial charge in [-0.25, -0.2) is 9.97 Å². The second-order valence-corrected chi connectivity index (χ2v) is 7.07. The van der Waals surface area contributed by atoms with E-state index in [1.807, 2.05) is 36.9 Å². The fourth-order valence-electron chi connectivity index (χ4n) is 3.25. The van der Waals surface area contributed by atoms with Gasteiger partial charge in [0.1, 0.15) is 11.8 Å². The summed E-state index contributed by atoms with van der Waals surface area (Å²) in [6.45, 7) is 0.646. The molecule has 0 aliphatic rings. The summed E-state index contributed by atoms with van der Waals surface area (Å²) in [5.74, 6) is 0.568. The molecule has 0 saturated heterocycles. The first-order valence-electron chi connectivity index (χ1n) is 9.31. The lowest BCUT2D eigenvalue weighted by atomic mass is 10.2. The molecule has 2 N–H and O–H groups in total. The maximum atomic E-state index is 4.68. The third kappa shape index (κ3) is 3.25. The lowest BCUT2D eigenvalue weighted by Crippen LogP contribution is -2.09. The average molecular weight is 384 g/mol. The molecule has 0 fully saturated rings. The first kappa shape index (κ1) is 17.2. The van der Waals surface area contributed by atoms with Gasteiger partial charge in [0.15, 0.2) is 5.65 Å². The van der Waals surface area contributed by atoms with E-state index in [0.29, 0.717) is 12.5 Å². The first-order valence-corrected chi connectivity index (χ1v) is 9.31. The Morgan fingerprint density at radius 3 is 2.72 bits per heavy atom. The minimum Gasteiger partial charge on any atom is -0.378 e. The molecule has 0 atom stereocenters. The molecule has 0 radical (unpaired) electrons. The van der Waals surface area contributed by atoms with Gasteiger partial charge in [0.25, 0.3) is 0 Å². The summed E-state index contributed by atoms with van der Waals surface area (Å²) in [7, 11) is 4.06. The number of nitrogens with zero attached hydrogens (tertiary/aromatic N) is 6. The molecule has 0 saturated carbocycles. The Morgan fingerprint density at radius 1 is 1.03 bits per heavy atom. The van der Waals surface area contributed by atoms with Crippen LogP contribution >= 0.6 is 0 Å². The van der Waals surface area contributed by atoms with E-state index in [0.717, 1.165) is 33.3 Å². The van der Waals surface area contributed by atoms with Crippen molar-refractivity contribution in [2.75, 3.05) is 24.3 Å². The SMILES string of the molecule is CN(C)c1ccc(CNc2ncc3ncn(-c4ccc5cn[nH]c5c4)c3n2)cc1. The number of hydrogen-bond donors (Lipinski definition) is 2. The monoisotopic (exact) mass is 384 g/mol. The largest absolute Gasteiger partial charge is 0.378 e. The van der Waals surface area contributed by atoms with Gasteiger partial charge in [-0.15, -0.1) is 0 Å². The molecule has 0 aliphatic heterocycles. The molecule has 3 heterocycles. The molecular formula is C21H20N8. The predicted octanol–water partition coefficient (Wildman–Crippen LogP) is 3.37. The third-order valence-corrected chi connectivity index (χ3v) is 4.90. The Kier molecular flexibility index (Phi) is 4.09. The van der Waals surface area contributed by atoms with E-state index in [2.05, 4.69) is 59.6 Å². The van der Waals surface area contributed by atoms with Gasteiger partial charge in [-0.3, -0.25) is 9.67 Å². The van der Waals surface area contributed by atoms with Crippen LogP contribution < -0.4 is 10.2 Å². The number of nitrogens with one attached hydrogen (secondary N) is 2. The van der Waals surface area contributed by atoms with Gasteiger partial charge in [0.05, 0.1) is 23.6 Å². The standard InChI is InChI=1S/C21H20N8/c1-28(2)16-6-3-14(4-7-16)10-22-21-23-12-19-20(26-21)29(13-24-19)17-8-5-15-11-25-27-18(15)9-17/h3-9,11-13H,10H2,1-2H3,(H,25,27)(H,22,23,26). The number of hydrogen-bond acceptors (Lipinski definition) is 6. The van der Waals surface area contributed by atoms with Gasteiger partial charge in [0, 0.05) is 31.7 Å². The fraction of sp³-hybridized carbons (Fsp3) is 0.143. The van der Waals surface area contributed by atoms with E-state index in [1.54, 1.807) is 18.7 Å². The smallest absolute Gasteiger partial charge is 0.225 e. The van der Waals surface area contributed by atoms with Crippen LogP contribution in [0.25, 0.3) is 27.8 Å². The van der Waals surface area contributed by atoms with Crippen molar-refractivity contribution in [3.05, 3.63) is 66.7 Å². The van der Waals surface area contributed by atoms with Crippen molar-refractivity contribution in [1.29, 1.82) is 0 Å². The summed E-state index contributed by atoms with van der Waals surface area (Å²) in [4.78, 5) is 15.6. The Morgan fingerprint density at radius 2 is 1.90 bits per heavy atom. The Balaban J connectivity index is 1.41. The van der Waals surface area contributed by atoms with Crippen molar-refractivity contribution >= 4 is 33.7 Å². The quantitative estimate of drug-likeness (QED) is 0.483. The third-order valence-electron chi connectivity index (χ3n) is 4.90. The number of imidazole rings is 1. The van der Waals surface area contributed by atoms with Crippen LogP contribution in [0.15, 0.2) is 61.2 Å². The van der Waals surface area contributed by atoms with Gasteiger partial charge >= 0.3 is 0 Å². The molecule has 8 heteroatoms. The van der Waals surface area contributed by atoms with Crippen molar-refractivity contribution < 1.29 is 0 Å². The number of H-pyrrole nitrogens is 1. The summed E-state index contributed by atoms with van der Waals surface area (Å²) in [6, 6.07) is 14.5. The van der Waals surface area contributed by atoms with Crippen molar-refractivity contribution in [3.63, 3.8) is 0 Å². The van der Waals surface area contributed by atoms with Crippen molar-refractivity contribution in [1.82, 2.24) is 29.7 Å². The number of benzene rings is 2. The summed E-state index contributed by atoms with van der Waals surface area (Å²) in [5.41, 5.74) is 5.77. The van der Waals surface area contributed by atoms with Gasteiger partial charge in [0.2, 0.25) is 5.95 Å². The topological polar surface area (TPSA) is 87.5 Å². The minimum absolute atomic E-state index is 0.568. The first-order chi connectivity index (χ1) is 14.2. The van der Waals surface area contributed by atoms with Crippen molar-refractivity contribution in [2.45, 2.75) is 6.54 Å². The fourth-order valence-corrected chi connectivity index (χ4v) is 3.25. The zero-order chi connectivity index (χ0) is 19.8. The van der Waals surface area contributed by atoms with E-state index in [1.165, 1.54) is 5.69 Å². The predicted molar refractivity (Wildman–Crippen MR) is 114 cm³/mol. The Bertz CT molecular complexity index is 1280. The highest BCUT2D eigenvalue weighted by atomic mass is 15.2. The molecule has 0 aliphatic carbocycles. The number of fused-ring (bicyclic) bond motifs is 2. The van der Waals surface area contributed by atoms with E-state index in [-0.39, 0.29) is 0 Å². The normalized spacial score (nSPS) is 11.2. The highest BCUT2D eigenvalue weighted by Gasteiger charge is 2.09. The summed E-state index contributed by atoms with van der Waals surface area (Å²) >= 11 is 0. The van der Waals surface area contributed by atoms with Crippen molar-refractivity contribution in [2.24, 2.45) is 0 Å². The summed E-state index contributed by atoms with van der Waals surface area (Å²) in [5, 5.41) is 11.4. The molecular weight excluding hydrogens is 364 g/mol. The van der Waals surface area contributed by atoms with E-state index >= 15 is 0 Å². The van der Waals surface area contributed by atoms with Crippen LogP contribution in [0.3, 0.4) is 0 Å². The van der Waals surface area contributed by atoms with Crippen LogP contribution in [-0.2, 0) is 6.54 Å². The molecule has 2 aromatic carbocycles. The van der Waals surface area contributed by atoms with Gasteiger partial charge < -0.3 is 10.2 Å². The highest BCUT2D eigenvalue weighted by Crippen LogP contribution is 2.21. The zero-order valence-electron chi connectivity index (χ0n) is 16.2. The van der Waals surface area contributed by atoms with Gasteiger partial charge in [-0.1, -0.05) is 12.1 Å². The maximum Gasteiger partial charge on any atom is 0.225 e. The minimum atomic E-state index is 0.568. The number of aromatic nitrogens is 6. The average Bonchev–Trinajstić information content (AvgIpc) is 3.38. The Hall–Kier alpha value is -3.94. The molecule has 144 valence electrons. The number of anilines is 2. The maximum absolute atomic E-state index is 4.68. The Labute approximate surface area is 167 Å².